The Morgan fingerprint density at radius 2 is 1.92 bits per heavy atom. The molecular weight excluding hydrogens is 543 g/mol. The van der Waals surface area contributed by atoms with Crippen molar-refractivity contribution in [3.8, 4) is 22.6 Å². The lowest BCUT2D eigenvalue weighted by Crippen LogP contribution is -2.33. The number of hydrogen-bond acceptors (Lipinski definition) is 8. The number of nitrogens with zero attached hydrogens (tertiary/aromatic N) is 4. The van der Waals surface area contributed by atoms with E-state index >= 15 is 0 Å². The molecule has 39 heavy (non-hydrogen) atoms. The Morgan fingerprint density at radius 1 is 1.21 bits per heavy atom. The van der Waals surface area contributed by atoms with Crippen LogP contribution < -0.4 is 25.7 Å². The molecule has 1 fully saturated rings. The molecule has 0 bridgehead atoms. The van der Waals surface area contributed by atoms with E-state index in [-0.39, 0.29) is 21.5 Å². The Hall–Kier alpha value is -3.34. The van der Waals surface area contributed by atoms with Gasteiger partial charge in [0.25, 0.3) is 5.56 Å². The zero-order valence-corrected chi connectivity index (χ0v) is 23.7. The molecule has 1 amide bonds. The maximum absolute atomic E-state index is 14.0. The number of methoxy groups -OCH3 is 2. The quantitative estimate of drug-likeness (QED) is 0.332. The van der Waals surface area contributed by atoms with E-state index in [9.17, 15) is 9.59 Å². The third kappa shape index (κ3) is 6.13. The number of carbonyl (C=O) groups excluding carboxylic acids is 1. The molecule has 2 N–H and O–H groups in total. The van der Waals surface area contributed by atoms with Gasteiger partial charge in [0.05, 0.1) is 29.8 Å². The first kappa shape index (κ1) is 28.7. The van der Waals surface area contributed by atoms with E-state index < -0.39 is 0 Å². The lowest BCUT2D eigenvalue weighted by molar-refractivity contribution is -0.116. The number of benzene rings is 1. The van der Waals surface area contributed by atoms with Gasteiger partial charge in [-0.15, -0.1) is 0 Å². The fourth-order valence-electron chi connectivity index (χ4n) is 4.75. The molecule has 3 aromatic rings. The van der Waals surface area contributed by atoms with Crippen LogP contribution in [0.25, 0.3) is 22.2 Å². The molecule has 1 saturated heterocycles. The molecule has 1 aromatic carbocycles. The number of ether oxygens (including phenoxy) is 2. The minimum Gasteiger partial charge on any atom is -0.495 e. The van der Waals surface area contributed by atoms with Gasteiger partial charge in [-0.25, -0.2) is 4.98 Å². The number of halogens is 2. The molecule has 1 atom stereocenters. The SMILES string of the molecule is C=CC(=O)NCC1CCN(CCn2c(=O)c(-c3c(Cl)c(OC)cc(OC)c3Cl)cc3cnc(NCC)nc32)C1. The zero-order valence-electron chi connectivity index (χ0n) is 22.2. The van der Waals surface area contributed by atoms with Crippen LogP contribution in [0.4, 0.5) is 5.95 Å². The Kier molecular flexibility index (Phi) is 9.32. The van der Waals surface area contributed by atoms with Crippen LogP contribution >= 0.6 is 23.2 Å². The number of likely N-dealkylation sites (tertiary alicyclic amines) is 1. The van der Waals surface area contributed by atoms with Crippen molar-refractivity contribution in [2.45, 2.75) is 19.9 Å². The summed E-state index contributed by atoms with van der Waals surface area (Å²) in [6, 6.07) is 3.28. The van der Waals surface area contributed by atoms with Crippen LogP contribution in [0, 0.1) is 5.92 Å². The molecule has 0 saturated carbocycles. The Morgan fingerprint density at radius 3 is 2.56 bits per heavy atom. The van der Waals surface area contributed by atoms with Crippen LogP contribution in [-0.2, 0) is 11.3 Å². The standard InChI is InChI=1S/C27H32Cl2N6O4/c1-5-21(36)31-13-16-7-8-34(15-16)9-10-35-25-17(14-32-27(33-25)30-6-2)11-18(26(35)37)22-23(28)19(38-3)12-20(39-4)24(22)29/h5,11-12,14,16H,1,6-10,13,15H2,2-4H3,(H,31,36)(H,30,32,33). The van der Waals surface area contributed by atoms with Crippen LogP contribution in [0.15, 0.2) is 35.8 Å². The summed E-state index contributed by atoms with van der Waals surface area (Å²) in [5.74, 6) is 1.27. The normalized spacial score (nSPS) is 15.4. The highest BCUT2D eigenvalue weighted by Gasteiger charge is 2.25. The number of amides is 1. The van der Waals surface area contributed by atoms with Gasteiger partial charge in [-0.2, -0.15) is 4.98 Å². The summed E-state index contributed by atoms with van der Waals surface area (Å²) in [4.78, 5) is 36.9. The molecule has 4 rings (SSSR count). The highest BCUT2D eigenvalue weighted by Crippen LogP contribution is 2.45. The predicted octanol–water partition coefficient (Wildman–Crippen LogP) is 3.84. The van der Waals surface area contributed by atoms with Crippen molar-refractivity contribution in [3.05, 3.63) is 51.4 Å². The van der Waals surface area contributed by atoms with E-state index in [2.05, 4.69) is 32.1 Å². The first-order chi connectivity index (χ1) is 18.8. The van der Waals surface area contributed by atoms with E-state index in [1.165, 1.54) is 20.3 Å². The molecule has 0 radical (unpaired) electrons. The van der Waals surface area contributed by atoms with Crippen LogP contribution in [0.2, 0.25) is 10.0 Å². The molecule has 2 aromatic heterocycles. The van der Waals surface area contributed by atoms with Gasteiger partial charge in [0.15, 0.2) is 0 Å². The van der Waals surface area contributed by atoms with Crippen molar-refractivity contribution in [2.24, 2.45) is 5.92 Å². The summed E-state index contributed by atoms with van der Waals surface area (Å²) in [6.07, 6.45) is 3.90. The average Bonchev–Trinajstić information content (AvgIpc) is 3.40. The maximum Gasteiger partial charge on any atom is 0.260 e. The van der Waals surface area contributed by atoms with Gasteiger partial charge in [0.1, 0.15) is 17.1 Å². The molecule has 10 nitrogen and oxygen atoms in total. The van der Waals surface area contributed by atoms with Crippen molar-refractivity contribution in [3.63, 3.8) is 0 Å². The summed E-state index contributed by atoms with van der Waals surface area (Å²) >= 11 is 13.4. The summed E-state index contributed by atoms with van der Waals surface area (Å²) in [5, 5.41) is 7.05. The van der Waals surface area contributed by atoms with Crippen molar-refractivity contribution in [1.29, 1.82) is 0 Å². The number of hydrogen-bond donors (Lipinski definition) is 2. The van der Waals surface area contributed by atoms with Gasteiger partial charge in [0.2, 0.25) is 11.9 Å². The largest absolute Gasteiger partial charge is 0.495 e. The number of nitrogens with one attached hydrogen (secondary N) is 2. The number of pyridine rings is 1. The lowest BCUT2D eigenvalue weighted by atomic mass is 10.0. The Bertz CT molecular complexity index is 1420. The molecule has 3 heterocycles. The smallest absolute Gasteiger partial charge is 0.260 e. The summed E-state index contributed by atoms with van der Waals surface area (Å²) in [6.45, 7) is 9.35. The first-order valence-electron chi connectivity index (χ1n) is 12.7. The minimum atomic E-state index is -0.295. The highest BCUT2D eigenvalue weighted by molar-refractivity contribution is 6.41. The van der Waals surface area contributed by atoms with Crippen LogP contribution in [0.3, 0.4) is 0 Å². The van der Waals surface area contributed by atoms with Gasteiger partial charge in [0, 0.05) is 55.9 Å². The van der Waals surface area contributed by atoms with Crippen molar-refractivity contribution in [1.82, 2.24) is 24.8 Å². The third-order valence-corrected chi connectivity index (χ3v) is 7.52. The molecule has 1 aliphatic rings. The van der Waals surface area contributed by atoms with Crippen molar-refractivity contribution in [2.75, 3.05) is 52.3 Å². The van der Waals surface area contributed by atoms with E-state index in [4.69, 9.17) is 32.7 Å². The number of aromatic nitrogens is 3. The molecule has 12 heteroatoms. The lowest BCUT2D eigenvalue weighted by Gasteiger charge is -2.20. The second-order valence-corrected chi connectivity index (χ2v) is 9.96. The van der Waals surface area contributed by atoms with Gasteiger partial charge in [-0.3, -0.25) is 14.2 Å². The van der Waals surface area contributed by atoms with Gasteiger partial charge in [-0.05, 0) is 37.9 Å². The molecule has 1 unspecified atom stereocenters. The van der Waals surface area contributed by atoms with Crippen LogP contribution in [0.5, 0.6) is 11.5 Å². The second kappa shape index (κ2) is 12.7. The number of rotatable bonds is 11. The average molecular weight is 575 g/mol. The Balaban J connectivity index is 1.74. The number of fused-ring (bicyclic) bond motifs is 1. The molecular formula is C27H32Cl2N6O4. The molecule has 208 valence electrons. The van der Waals surface area contributed by atoms with Gasteiger partial charge < -0.3 is 25.0 Å². The second-order valence-electron chi connectivity index (χ2n) is 9.21. The maximum atomic E-state index is 14.0. The van der Waals surface area contributed by atoms with Gasteiger partial charge in [-0.1, -0.05) is 29.8 Å². The fraction of sp³-hybridized carbons (Fsp3) is 0.407. The van der Waals surface area contributed by atoms with Crippen LogP contribution in [0.1, 0.15) is 13.3 Å². The molecule has 1 aliphatic heterocycles. The predicted molar refractivity (Wildman–Crippen MR) is 154 cm³/mol. The summed E-state index contributed by atoms with van der Waals surface area (Å²) < 4.78 is 12.5. The fourth-order valence-corrected chi connectivity index (χ4v) is 5.46. The monoisotopic (exact) mass is 574 g/mol. The summed E-state index contributed by atoms with van der Waals surface area (Å²) in [5.41, 5.74) is 0.827. The van der Waals surface area contributed by atoms with E-state index in [1.807, 2.05) is 6.92 Å². The minimum absolute atomic E-state index is 0.175. The summed E-state index contributed by atoms with van der Waals surface area (Å²) in [7, 11) is 2.97. The number of carbonyl (C=O) groups is 1. The van der Waals surface area contributed by atoms with E-state index in [0.29, 0.717) is 71.7 Å². The zero-order chi connectivity index (χ0) is 28.1. The van der Waals surface area contributed by atoms with Crippen molar-refractivity contribution >= 4 is 46.1 Å². The van der Waals surface area contributed by atoms with Crippen LogP contribution in [-0.4, -0.2) is 72.3 Å². The van der Waals surface area contributed by atoms with E-state index in [0.717, 1.165) is 19.5 Å². The topological polar surface area (TPSA) is 111 Å². The first-order valence-corrected chi connectivity index (χ1v) is 13.4. The third-order valence-electron chi connectivity index (χ3n) is 6.77. The Labute approximate surface area is 236 Å². The van der Waals surface area contributed by atoms with Gasteiger partial charge >= 0.3 is 0 Å². The molecule has 0 spiro atoms. The molecule has 0 aliphatic carbocycles. The van der Waals surface area contributed by atoms with E-state index in [1.54, 1.807) is 22.9 Å². The number of anilines is 1. The van der Waals surface area contributed by atoms with Crippen molar-refractivity contribution < 1.29 is 14.3 Å². The highest BCUT2D eigenvalue weighted by atomic mass is 35.5.